The Morgan fingerprint density at radius 3 is 2.67 bits per heavy atom. The Morgan fingerprint density at radius 1 is 1.53 bits per heavy atom. The average molecular weight is 208 g/mol. The van der Waals surface area contributed by atoms with Gasteiger partial charge in [0.15, 0.2) is 11.9 Å². The third-order valence-corrected chi connectivity index (χ3v) is 2.04. The normalized spacial score (nSPS) is 9.73. The van der Waals surface area contributed by atoms with E-state index in [1.54, 1.807) is 7.05 Å². The molecule has 0 aromatic carbocycles. The summed E-state index contributed by atoms with van der Waals surface area (Å²) in [6.45, 7) is 2.49. The Kier molecular flexibility index (Phi) is 3.33. The fourth-order valence-electron chi connectivity index (χ4n) is 1.08. The SMILES string of the molecule is Cc1ccc(CNC(=N)N(C)C(=N)N)[nH]1. The summed E-state index contributed by atoms with van der Waals surface area (Å²) in [6, 6.07) is 3.92. The van der Waals surface area contributed by atoms with Crippen LogP contribution in [0.2, 0.25) is 0 Å². The average Bonchev–Trinajstić information content (AvgIpc) is 2.59. The molecule has 0 saturated carbocycles. The van der Waals surface area contributed by atoms with Crippen LogP contribution in [0.5, 0.6) is 0 Å². The lowest BCUT2D eigenvalue weighted by Gasteiger charge is -2.18. The van der Waals surface area contributed by atoms with Crippen molar-refractivity contribution in [1.29, 1.82) is 10.8 Å². The van der Waals surface area contributed by atoms with Gasteiger partial charge in [-0.1, -0.05) is 0 Å². The van der Waals surface area contributed by atoms with Crippen molar-refractivity contribution in [2.24, 2.45) is 5.73 Å². The number of hydrogen-bond donors (Lipinski definition) is 5. The molecule has 0 amide bonds. The van der Waals surface area contributed by atoms with Crippen LogP contribution in [-0.4, -0.2) is 28.9 Å². The van der Waals surface area contributed by atoms with E-state index in [0.717, 1.165) is 11.4 Å². The van der Waals surface area contributed by atoms with Gasteiger partial charge in [-0.25, -0.2) is 0 Å². The van der Waals surface area contributed by atoms with E-state index in [0.29, 0.717) is 6.54 Å². The van der Waals surface area contributed by atoms with Gasteiger partial charge in [-0.3, -0.25) is 15.7 Å². The van der Waals surface area contributed by atoms with Crippen LogP contribution in [0.15, 0.2) is 12.1 Å². The topological polar surface area (TPSA) is 105 Å². The van der Waals surface area contributed by atoms with E-state index in [1.165, 1.54) is 4.90 Å². The third kappa shape index (κ3) is 3.01. The van der Waals surface area contributed by atoms with Gasteiger partial charge in [-0.2, -0.15) is 0 Å². The summed E-state index contributed by atoms with van der Waals surface area (Å²) >= 11 is 0. The van der Waals surface area contributed by atoms with Crippen LogP contribution < -0.4 is 11.1 Å². The highest BCUT2D eigenvalue weighted by atomic mass is 15.3. The number of nitrogens with one attached hydrogen (secondary N) is 4. The first-order chi connectivity index (χ1) is 7.00. The molecule has 0 bridgehead atoms. The van der Waals surface area contributed by atoms with Gasteiger partial charge in [0.2, 0.25) is 0 Å². The highest BCUT2D eigenvalue weighted by Crippen LogP contribution is 1.99. The zero-order valence-electron chi connectivity index (χ0n) is 8.89. The fourth-order valence-corrected chi connectivity index (χ4v) is 1.08. The van der Waals surface area contributed by atoms with Gasteiger partial charge in [0.25, 0.3) is 0 Å². The first-order valence-corrected chi connectivity index (χ1v) is 4.55. The van der Waals surface area contributed by atoms with E-state index in [2.05, 4.69) is 10.3 Å². The molecule has 0 fully saturated rings. The maximum atomic E-state index is 7.56. The lowest BCUT2D eigenvalue weighted by Crippen LogP contribution is -2.44. The molecule has 0 unspecified atom stereocenters. The maximum absolute atomic E-state index is 7.56. The maximum Gasteiger partial charge on any atom is 0.198 e. The minimum Gasteiger partial charge on any atom is -0.370 e. The third-order valence-electron chi connectivity index (χ3n) is 2.04. The van der Waals surface area contributed by atoms with E-state index < -0.39 is 0 Å². The second-order valence-corrected chi connectivity index (χ2v) is 3.31. The van der Waals surface area contributed by atoms with E-state index in [4.69, 9.17) is 16.6 Å². The van der Waals surface area contributed by atoms with Crippen molar-refractivity contribution in [1.82, 2.24) is 15.2 Å². The number of aromatic amines is 1. The standard InChI is InChI=1S/C9H16N6/c1-6-3-4-7(14-6)5-13-9(12)15(2)8(10)11/h3-4,14H,5H2,1-2H3,(H3,10,11)(H2,12,13). The number of rotatable bonds is 2. The summed E-state index contributed by atoms with van der Waals surface area (Å²) in [5.74, 6) is -0.0510. The quantitative estimate of drug-likeness (QED) is 0.353. The number of guanidine groups is 2. The number of nitrogens with zero attached hydrogens (tertiary/aromatic N) is 1. The van der Waals surface area contributed by atoms with Crippen LogP contribution in [0.25, 0.3) is 0 Å². The van der Waals surface area contributed by atoms with Crippen molar-refractivity contribution >= 4 is 11.9 Å². The predicted molar refractivity (Wildman–Crippen MR) is 59.8 cm³/mol. The van der Waals surface area contributed by atoms with Gasteiger partial charge < -0.3 is 16.0 Å². The second-order valence-electron chi connectivity index (χ2n) is 3.31. The van der Waals surface area contributed by atoms with Crippen molar-refractivity contribution in [2.45, 2.75) is 13.5 Å². The van der Waals surface area contributed by atoms with Crippen LogP contribution in [0.4, 0.5) is 0 Å². The lowest BCUT2D eigenvalue weighted by molar-refractivity contribution is 0.665. The van der Waals surface area contributed by atoms with Gasteiger partial charge in [0, 0.05) is 18.4 Å². The Balaban J connectivity index is 2.44. The van der Waals surface area contributed by atoms with Crippen molar-refractivity contribution < 1.29 is 0 Å². The molecule has 0 spiro atoms. The van der Waals surface area contributed by atoms with Crippen molar-refractivity contribution in [3.8, 4) is 0 Å². The molecule has 0 radical (unpaired) electrons. The molecule has 6 nitrogen and oxygen atoms in total. The molecule has 6 N–H and O–H groups in total. The smallest absolute Gasteiger partial charge is 0.198 e. The Hall–Kier alpha value is -1.98. The summed E-state index contributed by atoms with van der Waals surface area (Å²) in [5, 5.41) is 17.5. The molecule has 0 aliphatic rings. The Bertz CT molecular complexity index is 366. The van der Waals surface area contributed by atoms with Crippen LogP contribution in [0.1, 0.15) is 11.4 Å². The molecule has 0 atom stereocenters. The van der Waals surface area contributed by atoms with Gasteiger partial charge in [-0.05, 0) is 19.1 Å². The van der Waals surface area contributed by atoms with E-state index in [-0.39, 0.29) is 11.9 Å². The molecule has 1 heterocycles. The molecule has 15 heavy (non-hydrogen) atoms. The van der Waals surface area contributed by atoms with E-state index in [1.807, 2.05) is 19.1 Å². The summed E-state index contributed by atoms with van der Waals surface area (Å²) in [5.41, 5.74) is 7.31. The summed E-state index contributed by atoms with van der Waals surface area (Å²) in [6.07, 6.45) is 0. The molecule has 1 aromatic heterocycles. The Labute approximate surface area is 88.5 Å². The number of aromatic nitrogens is 1. The molecule has 1 rings (SSSR count). The number of H-pyrrole nitrogens is 1. The molecule has 1 aromatic rings. The highest BCUT2D eigenvalue weighted by molar-refractivity contribution is 5.94. The number of aryl methyl sites for hydroxylation is 1. The largest absolute Gasteiger partial charge is 0.370 e. The monoisotopic (exact) mass is 208 g/mol. The zero-order chi connectivity index (χ0) is 11.4. The first kappa shape index (κ1) is 11.1. The second kappa shape index (κ2) is 4.50. The molecule has 6 heteroatoms. The first-order valence-electron chi connectivity index (χ1n) is 4.55. The van der Waals surface area contributed by atoms with Crippen LogP contribution >= 0.6 is 0 Å². The summed E-state index contributed by atoms with van der Waals surface area (Å²) < 4.78 is 0. The van der Waals surface area contributed by atoms with Crippen molar-refractivity contribution in [3.05, 3.63) is 23.5 Å². The fraction of sp³-hybridized carbons (Fsp3) is 0.333. The minimum absolute atomic E-state index is 0.106. The predicted octanol–water partition coefficient (Wildman–Crippen LogP) is 0.173. The molecule has 0 aliphatic carbocycles. The van der Waals surface area contributed by atoms with Crippen molar-refractivity contribution in [2.75, 3.05) is 7.05 Å². The van der Waals surface area contributed by atoms with Crippen LogP contribution in [-0.2, 0) is 6.54 Å². The number of nitrogens with two attached hydrogens (primary N) is 1. The van der Waals surface area contributed by atoms with Gasteiger partial charge >= 0.3 is 0 Å². The molecule has 0 aliphatic heterocycles. The molecule has 0 saturated heterocycles. The van der Waals surface area contributed by atoms with Crippen LogP contribution in [0, 0.1) is 17.7 Å². The highest BCUT2D eigenvalue weighted by Gasteiger charge is 2.06. The summed E-state index contributed by atoms with van der Waals surface area (Å²) in [7, 11) is 1.57. The van der Waals surface area contributed by atoms with Gasteiger partial charge in [0.05, 0.1) is 6.54 Å². The Morgan fingerprint density at radius 2 is 2.20 bits per heavy atom. The molecular formula is C9H16N6. The summed E-state index contributed by atoms with van der Waals surface area (Å²) in [4.78, 5) is 4.40. The zero-order valence-corrected chi connectivity index (χ0v) is 8.89. The lowest BCUT2D eigenvalue weighted by atomic mass is 10.4. The van der Waals surface area contributed by atoms with Crippen molar-refractivity contribution in [3.63, 3.8) is 0 Å². The molecule has 82 valence electrons. The van der Waals surface area contributed by atoms with E-state index in [9.17, 15) is 0 Å². The minimum atomic E-state index is -0.157. The van der Waals surface area contributed by atoms with Gasteiger partial charge in [0.1, 0.15) is 0 Å². The van der Waals surface area contributed by atoms with Crippen LogP contribution in [0.3, 0.4) is 0 Å². The van der Waals surface area contributed by atoms with Gasteiger partial charge in [-0.15, -0.1) is 0 Å². The molecular weight excluding hydrogens is 192 g/mol. The number of hydrogen-bond acceptors (Lipinski definition) is 2. The van der Waals surface area contributed by atoms with E-state index >= 15 is 0 Å².